The number of rotatable bonds is 7. The maximum absolute atomic E-state index is 12.7. The molecule has 1 saturated carbocycles. The number of carbonyl (C=O) groups excluding carboxylic acids is 1. The van der Waals surface area contributed by atoms with Gasteiger partial charge in [-0.05, 0) is 51.0 Å². The zero-order valence-electron chi connectivity index (χ0n) is 15.0. The van der Waals surface area contributed by atoms with Crippen LogP contribution in [0.3, 0.4) is 0 Å². The first-order valence-electron chi connectivity index (χ1n) is 8.66. The molecule has 0 radical (unpaired) electrons. The first-order chi connectivity index (χ1) is 11.8. The first-order valence-corrected chi connectivity index (χ1v) is 8.66. The van der Waals surface area contributed by atoms with Gasteiger partial charge in [0, 0.05) is 17.6 Å². The van der Waals surface area contributed by atoms with Crippen LogP contribution in [0.5, 0.6) is 0 Å². The molecule has 0 aromatic rings. The van der Waals surface area contributed by atoms with Gasteiger partial charge in [0.25, 0.3) is 0 Å². The zero-order valence-corrected chi connectivity index (χ0v) is 15.0. The van der Waals surface area contributed by atoms with Crippen LogP contribution in [-0.2, 0) is 14.3 Å². The van der Waals surface area contributed by atoms with Crippen LogP contribution in [0.4, 0.5) is 13.2 Å². The van der Waals surface area contributed by atoms with Gasteiger partial charge < -0.3 is 9.47 Å². The molecule has 0 saturated heterocycles. The van der Waals surface area contributed by atoms with Crippen molar-refractivity contribution in [1.82, 2.24) is 0 Å². The summed E-state index contributed by atoms with van der Waals surface area (Å²) in [7, 11) is 2.97. The standard InChI is InChI=1S/C19H25F3O3/c1-12-14(10-5-4-6-11-19(20,21)22)16(23)18(25-3)17(24-2)15(12)13-8-7-9-13/h4-11H2,1-3H3. The molecule has 25 heavy (non-hydrogen) atoms. The summed E-state index contributed by atoms with van der Waals surface area (Å²) >= 11 is 0. The molecule has 0 N–H and O–H groups in total. The summed E-state index contributed by atoms with van der Waals surface area (Å²) in [6.07, 6.45) is -0.270. The third-order valence-corrected chi connectivity index (χ3v) is 4.85. The van der Waals surface area contributed by atoms with Gasteiger partial charge in [0.1, 0.15) is 0 Å². The quantitative estimate of drug-likeness (QED) is 0.573. The highest BCUT2D eigenvalue weighted by molar-refractivity contribution is 6.10. The minimum absolute atomic E-state index is 0.0915. The number of hydrogen-bond donors (Lipinski definition) is 0. The van der Waals surface area contributed by atoms with Gasteiger partial charge in [-0.25, -0.2) is 0 Å². The van der Waals surface area contributed by atoms with Gasteiger partial charge in [-0.2, -0.15) is 13.2 Å². The van der Waals surface area contributed by atoms with E-state index in [1.165, 1.54) is 19.8 Å². The van der Waals surface area contributed by atoms with Crippen LogP contribution in [0.2, 0.25) is 0 Å². The van der Waals surface area contributed by atoms with E-state index in [9.17, 15) is 18.0 Å². The Morgan fingerprint density at radius 2 is 1.64 bits per heavy atom. The highest BCUT2D eigenvalue weighted by Gasteiger charge is 2.34. The Labute approximate surface area is 146 Å². The van der Waals surface area contributed by atoms with Gasteiger partial charge in [-0.15, -0.1) is 0 Å². The van der Waals surface area contributed by atoms with Crippen molar-refractivity contribution in [3.8, 4) is 0 Å². The number of ketones is 1. The van der Waals surface area contributed by atoms with E-state index >= 15 is 0 Å². The van der Waals surface area contributed by atoms with Crippen LogP contribution in [0, 0.1) is 0 Å². The Morgan fingerprint density at radius 3 is 2.12 bits per heavy atom. The molecule has 140 valence electrons. The second-order valence-corrected chi connectivity index (χ2v) is 6.51. The van der Waals surface area contributed by atoms with Gasteiger partial charge in [-0.1, -0.05) is 12.0 Å². The van der Waals surface area contributed by atoms with E-state index in [-0.39, 0.29) is 18.0 Å². The molecule has 0 amide bonds. The summed E-state index contributed by atoms with van der Waals surface area (Å²) in [6.45, 7) is 1.90. The van der Waals surface area contributed by atoms with E-state index in [2.05, 4.69) is 0 Å². The monoisotopic (exact) mass is 358 g/mol. The molecule has 0 aromatic carbocycles. The van der Waals surface area contributed by atoms with Crippen LogP contribution >= 0.6 is 0 Å². The van der Waals surface area contributed by atoms with Crippen molar-refractivity contribution < 1.29 is 27.4 Å². The second kappa shape index (κ2) is 8.11. The molecule has 1 fully saturated rings. The lowest BCUT2D eigenvalue weighted by atomic mass is 9.79. The zero-order chi connectivity index (χ0) is 18.6. The Morgan fingerprint density at radius 1 is 1.00 bits per heavy atom. The summed E-state index contributed by atoms with van der Waals surface area (Å²) in [5.74, 6) is 0.477. The largest absolute Gasteiger partial charge is 0.492 e. The number of unbranched alkanes of at least 4 members (excludes halogenated alkanes) is 2. The summed E-state index contributed by atoms with van der Waals surface area (Å²) < 4.78 is 47.4. The first kappa shape index (κ1) is 19.6. The van der Waals surface area contributed by atoms with E-state index in [1.54, 1.807) is 0 Å². The fraction of sp³-hybridized carbons (Fsp3) is 0.632. The van der Waals surface area contributed by atoms with Crippen LogP contribution in [0.15, 0.2) is 33.8 Å². The lowest BCUT2D eigenvalue weighted by molar-refractivity contribution is -0.135. The summed E-state index contributed by atoms with van der Waals surface area (Å²) in [4.78, 5) is 12.7. The minimum atomic E-state index is -4.11. The lowest BCUT2D eigenvalue weighted by Crippen LogP contribution is -2.22. The fourth-order valence-electron chi connectivity index (χ4n) is 3.36. The Hall–Kier alpha value is -1.72. The smallest absolute Gasteiger partial charge is 0.389 e. The molecule has 3 nitrogen and oxygen atoms in total. The van der Waals surface area contributed by atoms with Gasteiger partial charge >= 0.3 is 6.18 Å². The number of hydrogen-bond acceptors (Lipinski definition) is 3. The Bertz CT molecular complexity index is 618. The lowest BCUT2D eigenvalue weighted by Gasteiger charge is -2.29. The Kier molecular flexibility index (Phi) is 6.36. The molecule has 0 aliphatic heterocycles. The molecule has 6 heteroatoms. The predicted octanol–water partition coefficient (Wildman–Crippen LogP) is 5.38. The number of allylic oxidation sites excluding steroid dienone is 3. The van der Waals surface area contributed by atoms with Gasteiger partial charge in [0.2, 0.25) is 11.5 Å². The SMILES string of the molecule is COC1=C(OC)C(=C2CCC2)C(C)=C(CCCCCC(F)(F)F)C1=O. The molecule has 0 unspecified atom stereocenters. The summed E-state index contributed by atoms with van der Waals surface area (Å²) in [6, 6.07) is 0. The number of carbonyl (C=O) groups is 1. The predicted molar refractivity (Wildman–Crippen MR) is 88.8 cm³/mol. The number of halogens is 3. The molecule has 0 atom stereocenters. The van der Waals surface area contributed by atoms with Crippen LogP contribution in [0.1, 0.15) is 58.3 Å². The molecule has 0 spiro atoms. The van der Waals surface area contributed by atoms with Crippen molar-refractivity contribution in [3.05, 3.63) is 33.8 Å². The van der Waals surface area contributed by atoms with E-state index in [0.717, 1.165) is 30.4 Å². The topological polar surface area (TPSA) is 35.5 Å². The molecule has 0 heterocycles. The van der Waals surface area contributed by atoms with Crippen molar-refractivity contribution in [2.45, 2.75) is 64.5 Å². The third kappa shape index (κ3) is 4.47. The van der Waals surface area contributed by atoms with Crippen LogP contribution in [0.25, 0.3) is 0 Å². The average molecular weight is 358 g/mol. The van der Waals surface area contributed by atoms with Crippen molar-refractivity contribution >= 4 is 5.78 Å². The van der Waals surface area contributed by atoms with Crippen LogP contribution in [-0.4, -0.2) is 26.2 Å². The Balaban J connectivity index is 2.15. The van der Waals surface area contributed by atoms with Gasteiger partial charge in [0.15, 0.2) is 5.76 Å². The van der Waals surface area contributed by atoms with Crippen LogP contribution < -0.4 is 0 Å². The average Bonchev–Trinajstić information content (AvgIpc) is 2.49. The highest BCUT2D eigenvalue weighted by Crippen LogP contribution is 2.42. The number of Topliss-reactive ketones (excluding diaryl/α,β-unsaturated/α-hetero) is 1. The van der Waals surface area contributed by atoms with E-state index in [1.807, 2.05) is 6.92 Å². The molecular weight excluding hydrogens is 333 g/mol. The maximum atomic E-state index is 12.7. The third-order valence-electron chi connectivity index (χ3n) is 4.85. The summed E-state index contributed by atoms with van der Waals surface area (Å²) in [5, 5.41) is 0. The second-order valence-electron chi connectivity index (χ2n) is 6.51. The molecule has 2 aliphatic carbocycles. The van der Waals surface area contributed by atoms with Crippen molar-refractivity contribution in [2.24, 2.45) is 0 Å². The van der Waals surface area contributed by atoms with E-state index in [4.69, 9.17) is 9.47 Å². The molecule has 0 bridgehead atoms. The van der Waals surface area contributed by atoms with Crippen molar-refractivity contribution in [2.75, 3.05) is 14.2 Å². The molecule has 2 aliphatic rings. The molecule has 0 aromatic heterocycles. The number of alkyl halides is 3. The van der Waals surface area contributed by atoms with Crippen molar-refractivity contribution in [1.29, 1.82) is 0 Å². The highest BCUT2D eigenvalue weighted by atomic mass is 19.4. The minimum Gasteiger partial charge on any atom is -0.492 e. The van der Waals surface area contributed by atoms with Gasteiger partial charge in [0.05, 0.1) is 14.2 Å². The van der Waals surface area contributed by atoms with E-state index in [0.29, 0.717) is 30.6 Å². The number of ether oxygens (including phenoxy) is 2. The fourth-order valence-corrected chi connectivity index (χ4v) is 3.36. The van der Waals surface area contributed by atoms with Crippen molar-refractivity contribution in [3.63, 3.8) is 0 Å². The summed E-state index contributed by atoms with van der Waals surface area (Å²) in [5.41, 5.74) is 3.73. The van der Waals surface area contributed by atoms with Gasteiger partial charge in [-0.3, -0.25) is 4.79 Å². The maximum Gasteiger partial charge on any atom is 0.389 e. The normalized spacial score (nSPS) is 18.7. The number of methoxy groups -OCH3 is 2. The molecule has 2 rings (SSSR count). The van der Waals surface area contributed by atoms with E-state index < -0.39 is 12.6 Å². The molecular formula is C19H25F3O3.